The first-order valence-corrected chi connectivity index (χ1v) is 6.98. The highest BCUT2D eigenvalue weighted by molar-refractivity contribution is 5.53. The molecule has 0 saturated carbocycles. The van der Waals surface area contributed by atoms with Gasteiger partial charge in [0.1, 0.15) is 0 Å². The standard InChI is InChI=1S/C16H28N2/c1-6-7-12-18(5)15-11-9-8-10-14(15)13-17-16(2,3)4/h8-11,17H,6-7,12-13H2,1-5H3. The van der Waals surface area contributed by atoms with Crippen LogP contribution in [-0.2, 0) is 6.54 Å². The minimum absolute atomic E-state index is 0.162. The number of nitrogens with one attached hydrogen (secondary N) is 1. The fourth-order valence-corrected chi connectivity index (χ4v) is 1.91. The molecular weight excluding hydrogens is 220 g/mol. The molecular formula is C16H28N2. The van der Waals surface area contributed by atoms with E-state index in [-0.39, 0.29) is 5.54 Å². The SMILES string of the molecule is CCCCN(C)c1ccccc1CNC(C)(C)C. The van der Waals surface area contributed by atoms with Gasteiger partial charge >= 0.3 is 0 Å². The van der Waals surface area contributed by atoms with Gasteiger partial charge in [0.05, 0.1) is 0 Å². The summed E-state index contributed by atoms with van der Waals surface area (Å²) in [4.78, 5) is 2.36. The third-order valence-corrected chi connectivity index (χ3v) is 3.06. The highest BCUT2D eigenvalue weighted by Gasteiger charge is 2.11. The van der Waals surface area contributed by atoms with E-state index in [9.17, 15) is 0 Å². The first-order chi connectivity index (χ1) is 8.44. The van der Waals surface area contributed by atoms with E-state index in [0.29, 0.717) is 0 Å². The van der Waals surface area contributed by atoms with E-state index in [1.807, 2.05) is 0 Å². The molecule has 1 aromatic rings. The van der Waals surface area contributed by atoms with Gasteiger partial charge in [-0.2, -0.15) is 0 Å². The molecule has 1 aromatic carbocycles. The van der Waals surface area contributed by atoms with Crippen molar-refractivity contribution in [2.24, 2.45) is 0 Å². The Hall–Kier alpha value is -1.02. The lowest BCUT2D eigenvalue weighted by Crippen LogP contribution is -2.35. The van der Waals surface area contributed by atoms with Gasteiger partial charge in [-0.3, -0.25) is 0 Å². The topological polar surface area (TPSA) is 15.3 Å². The summed E-state index contributed by atoms with van der Waals surface area (Å²) in [7, 11) is 2.19. The molecule has 0 spiro atoms. The van der Waals surface area contributed by atoms with Crippen LogP contribution in [0.4, 0.5) is 5.69 Å². The van der Waals surface area contributed by atoms with Gasteiger partial charge in [0, 0.05) is 31.4 Å². The van der Waals surface area contributed by atoms with Crippen molar-refractivity contribution in [3.8, 4) is 0 Å². The summed E-state index contributed by atoms with van der Waals surface area (Å²) in [5, 5.41) is 3.56. The Labute approximate surface area is 112 Å². The van der Waals surface area contributed by atoms with Gasteiger partial charge in [-0.05, 0) is 38.8 Å². The van der Waals surface area contributed by atoms with Gasteiger partial charge in [-0.25, -0.2) is 0 Å². The first-order valence-electron chi connectivity index (χ1n) is 6.98. The van der Waals surface area contributed by atoms with E-state index in [0.717, 1.165) is 13.1 Å². The van der Waals surface area contributed by atoms with Crippen molar-refractivity contribution in [3.63, 3.8) is 0 Å². The second-order valence-corrected chi connectivity index (χ2v) is 6.01. The molecule has 18 heavy (non-hydrogen) atoms. The molecule has 0 atom stereocenters. The second-order valence-electron chi connectivity index (χ2n) is 6.01. The average Bonchev–Trinajstić information content (AvgIpc) is 2.33. The molecule has 2 nitrogen and oxygen atoms in total. The van der Waals surface area contributed by atoms with Crippen LogP contribution in [0.15, 0.2) is 24.3 Å². The summed E-state index contributed by atoms with van der Waals surface area (Å²) < 4.78 is 0. The molecule has 0 saturated heterocycles. The summed E-state index contributed by atoms with van der Waals surface area (Å²) in [5.41, 5.74) is 2.89. The van der Waals surface area contributed by atoms with Crippen LogP contribution >= 0.6 is 0 Å². The number of hydrogen-bond acceptors (Lipinski definition) is 2. The smallest absolute Gasteiger partial charge is 0.0409 e. The van der Waals surface area contributed by atoms with Crippen molar-refractivity contribution in [1.29, 1.82) is 0 Å². The number of nitrogens with zero attached hydrogens (tertiary/aromatic N) is 1. The molecule has 0 aliphatic heterocycles. The summed E-state index contributed by atoms with van der Waals surface area (Å²) in [6.07, 6.45) is 2.49. The summed E-state index contributed by atoms with van der Waals surface area (Å²) in [6.45, 7) is 10.9. The highest BCUT2D eigenvalue weighted by Crippen LogP contribution is 2.20. The van der Waals surface area contributed by atoms with E-state index >= 15 is 0 Å². The fourth-order valence-electron chi connectivity index (χ4n) is 1.91. The summed E-state index contributed by atoms with van der Waals surface area (Å²) in [5.74, 6) is 0. The van der Waals surface area contributed by atoms with E-state index in [2.05, 4.69) is 69.2 Å². The maximum atomic E-state index is 3.56. The zero-order valence-corrected chi connectivity index (χ0v) is 12.6. The van der Waals surface area contributed by atoms with E-state index in [1.165, 1.54) is 24.1 Å². The van der Waals surface area contributed by atoms with Crippen LogP contribution < -0.4 is 10.2 Å². The van der Waals surface area contributed by atoms with Crippen molar-refractivity contribution in [1.82, 2.24) is 5.32 Å². The highest BCUT2D eigenvalue weighted by atomic mass is 15.1. The zero-order valence-electron chi connectivity index (χ0n) is 12.6. The number of para-hydroxylation sites is 1. The average molecular weight is 248 g/mol. The Morgan fingerprint density at radius 3 is 2.44 bits per heavy atom. The van der Waals surface area contributed by atoms with Gasteiger partial charge in [0.2, 0.25) is 0 Å². The number of unbranched alkanes of at least 4 members (excludes halogenated alkanes) is 1. The van der Waals surface area contributed by atoms with Crippen LogP contribution in [0.3, 0.4) is 0 Å². The summed E-state index contributed by atoms with van der Waals surface area (Å²) in [6, 6.07) is 8.68. The van der Waals surface area contributed by atoms with E-state index in [4.69, 9.17) is 0 Å². The Morgan fingerprint density at radius 1 is 1.17 bits per heavy atom. The lowest BCUT2D eigenvalue weighted by molar-refractivity contribution is 0.424. The molecule has 0 fully saturated rings. The van der Waals surface area contributed by atoms with E-state index in [1.54, 1.807) is 0 Å². The third kappa shape index (κ3) is 5.09. The minimum atomic E-state index is 0.162. The van der Waals surface area contributed by atoms with Crippen LogP contribution in [-0.4, -0.2) is 19.1 Å². The molecule has 0 aliphatic carbocycles. The molecule has 0 aliphatic rings. The van der Waals surface area contributed by atoms with Crippen LogP contribution in [0, 0.1) is 0 Å². The van der Waals surface area contributed by atoms with Gasteiger partial charge in [0.25, 0.3) is 0 Å². The summed E-state index contributed by atoms with van der Waals surface area (Å²) >= 11 is 0. The molecule has 1 N–H and O–H groups in total. The van der Waals surface area contributed by atoms with Gasteiger partial charge in [0.15, 0.2) is 0 Å². The van der Waals surface area contributed by atoms with Crippen LogP contribution in [0.1, 0.15) is 46.1 Å². The molecule has 0 amide bonds. The maximum absolute atomic E-state index is 3.56. The molecule has 0 bridgehead atoms. The Balaban J connectivity index is 2.72. The predicted molar refractivity (Wildman–Crippen MR) is 81.2 cm³/mol. The molecule has 0 unspecified atom stereocenters. The van der Waals surface area contributed by atoms with Gasteiger partial charge in [-0.1, -0.05) is 31.5 Å². The Bertz CT molecular complexity index is 352. The zero-order chi connectivity index (χ0) is 13.6. The van der Waals surface area contributed by atoms with Crippen molar-refractivity contribution in [2.45, 2.75) is 52.6 Å². The molecule has 0 radical (unpaired) electrons. The van der Waals surface area contributed by atoms with Crippen LogP contribution in [0.25, 0.3) is 0 Å². The number of rotatable bonds is 6. The lowest BCUT2D eigenvalue weighted by Gasteiger charge is -2.25. The molecule has 0 heterocycles. The quantitative estimate of drug-likeness (QED) is 0.823. The van der Waals surface area contributed by atoms with Crippen LogP contribution in [0.2, 0.25) is 0 Å². The van der Waals surface area contributed by atoms with Crippen molar-refractivity contribution in [3.05, 3.63) is 29.8 Å². The van der Waals surface area contributed by atoms with Crippen molar-refractivity contribution < 1.29 is 0 Å². The third-order valence-electron chi connectivity index (χ3n) is 3.06. The minimum Gasteiger partial charge on any atom is -0.374 e. The Kier molecular flexibility index (Phi) is 5.67. The number of anilines is 1. The normalized spacial score (nSPS) is 11.6. The van der Waals surface area contributed by atoms with E-state index < -0.39 is 0 Å². The number of benzene rings is 1. The first kappa shape index (κ1) is 15.0. The molecule has 2 heteroatoms. The fraction of sp³-hybridized carbons (Fsp3) is 0.625. The number of hydrogen-bond donors (Lipinski definition) is 1. The lowest BCUT2D eigenvalue weighted by atomic mass is 10.1. The maximum Gasteiger partial charge on any atom is 0.0409 e. The molecule has 1 rings (SSSR count). The molecule has 102 valence electrons. The van der Waals surface area contributed by atoms with Gasteiger partial charge < -0.3 is 10.2 Å². The largest absolute Gasteiger partial charge is 0.374 e. The van der Waals surface area contributed by atoms with Crippen LogP contribution in [0.5, 0.6) is 0 Å². The van der Waals surface area contributed by atoms with Crippen molar-refractivity contribution in [2.75, 3.05) is 18.5 Å². The monoisotopic (exact) mass is 248 g/mol. The Morgan fingerprint density at radius 2 is 1.83 bits per heavy atom. The molecule has 0 aromatic heterocycles. The van der Waals surface area contributed by atoms with Crippen molar-refractivity contribution >= 4 is 5.69 Å². The van der Waals surface area contributed by atoms with Gasteiger partial charge in [-0.15, -0.1) is 0 Å². The predicted octanol–water partition coefficient (Wildman–Crippen LogP) is 3.81. The second kappa shape index (κ2) is 6.79.